The number of anilines is 6. The van der Waals surface area contributed by atoms with Crippen LogP contribution in [0.2, 0.25) is 0 Å². The van der Waals surface area contributed by atoms with Crippen LogP contribution in [-0.4, -0.2) is 15.8 Å². The van der Waals surface area contributed by atoms with Gasteiger partial charge in [0.1, 0.15) is 11.5 Å². The van der Waals surface area contributed by atoms with Gasteiger partial charge < -0.3 is 23.7 Å². The number of hydrogen-bond donors (Lipinski definition) is 0. The Labute approximate surface area is 572 Å². The third-order valence-corrected chi connectivity index (χ3v) is 20.9. The number of fused-ring (bicyclic) bond motifs is 16. The number of nitrogens with zero attached hydrogens (tertiary/aromatic N) is 4. The largest absolute Gasteiger partial charge is 0.456 e. The molecule has 0 bridgehead atoms. The first kappa shape index (κ1) is 57.6. The number of hydrogen-bond acceptors (Lipinski definition) is 3. The Morgan fingerprint density at radius 3 is 1.27 bits per heavy atom. The molecule has 0 radical (unpaired) electrons. The van der Waals surface area contributed by atoms with E-state index in [2.05, 4.69) is 370 Å². The number of rotatable bonds is 6. The summed E-state index contributed by atoms with van der Waals surface area (Å²) in [5.41, 5.74) is 30.0. The standard InChI is InChI=1S/C92H69BN4O/c1-91(2,3)62-53-72(59-31-12-8-13-32-59)88(73(54-62)60-33-14-9-15-34-60)96-82-55-63(94-78-43-22-16-35-65(78)66-36-17-23-44-79(66)94)49-50-76(82)93-77-52-61(58-29-10-7-11-30-58)51-74-70-40-21-27-48-86(70)98-85-47-26-20-39-69(85)71-41-28-42-75(92(4,5)6)89(71)97(90(74)77)84-57-64(56-83(96)87(84)93)95-80-45-24-18-37-67(80)68-38-19-25-46-81(68)95/h7-57H,1-6H3. The van der Waals surface area contributed by atoms with Crippen molar-refractivity contribution in [1.29, 1.82) is 0 Å². The van der Waals surface area contributed by atoms with Gasteiger partial charge in [-0.25, -0.2) is 0 Å². The predicted octanol–water partition coefficient (Wildman–Crippen LogP) is 23.0. The fourth-order valence-electron chi connectivity index (χ4n) is 16.5. The summed E-state index contributed by atoms with van der Waals surface area (Å²) < 4.78 is 12.5. The van der Waals surface area contributed by atoms with Crippen molar-refractivity contribution in [3.63, 3.8) is 0 Å². The van der Waals surface area contributed by atoms with E-state index in [-0.39, 0.29) is 17.5 Å². The summed E-state index contributed by atoms with van der Waals surface area (Å²) in [5.74, 6) is 1.59. The summed E-state index contributed by atoms with van der Waals surface area (Å²) in [6.45, 7) is 13.9. The van der Waals surface area contributed by atoms with Crippen LogP contribution in [0.5, 0.6) is 11.5 Å². The first-order chi connectivity index (χ1) is 47.9. The van der Waals surface area contributed by atoms with Gasteiger partial charge in [0.05, 0.1) is 39.1 Å². The maximum atomic E-state index is 7.45. The Balaban J connectivity index is 1.06. The molecule has 0 N–H and O–H groups in total. The van der Waals surface area contributed by atoms with Crippen LogP contribution >= 0.6 is 0 Å². The molecule has 0 unspecified atom stereocenters. The van der Waals surface area contributed by atoms with Gasteiger partial charge in [-0.15, -0.1) is 0 Å². The third-order valence-electron chi connectivity index (χ3n) is 20.9. The maximum absolute atomic E-state index is 7.45. The molecule has 5 nitrogen and oxygen atoms in total. The average Bonchev–Trinajstić information content (AvgIpc) is 0.716. The monoisotopic (exact) mass is 1260 g/mol. The topological polar surface area (TPSA) is 25.6 Å². The first-order valence-corrected chi connectivity index (χ1v) is 34.3. The van der Waals surface area contributed by atoms with Crippen LogP contribution in [0, 0.1) is 0 Å². The SMILES string of the molecule is CC(C)(C)c1cc(-c2ccccc2)c(N2c3cc(-n4c5ccccc5c5ccccc54)ccc3B3c4cc(-c5ccccc5)cc5c4N(c4cc(-n6c7ccccc7c7ccccc76)cc2c43)c2c(cccc2C(C)(C)C)-c2ccccc2Oc2ccccc2-5)c(-c2ccccc2)c1. The molecule has 6 heteroatoms. The zero-order valence-corrected chi connectivity index (χ0v) is 55.7. The molecule has 0 saturated heterocycles. The van der Waals surface area contributed by atoms with Crippen molar-refractivity contribution < 1.29 is 4.74 Å². The predicted molar refractivity (Wildman–Crippen MR) is 414 cm³/mol. The van der Waals surface area contributed by atoms with Crippen molar-refractivity contribution in [2.75, 3.05) is 9.80 Å². The zero-order valence-electron chi connectivity index (χ0n) is 55.7. The quantitative estimate of drug-likeness (QED) is 0.155. The van der Waals surface area contributed by atoms with Crippen LogP contribution in [0.1, 0.15) is 52.7 Å². The number of para-hydroxylation sites is 7. The molecule has 14 aromatic carbocycles. The molecule has 0 fully saturated rings. The molecule has 0 saturated carbocycles. The van der Waals surface area contributed by atoms with Crippen molar-refractivity contribution in [3.8, 4) is 78.5 Å². The smallest absolute Gasteiger partial charge is 0.252 e. The molecule has 5 heterocycles. The molecular formula is C92H69BN4O. The van der Waals surface area contributed by atoms with Gasteiger partial charge in [-0.1, -0.05) is 272 Å². The van der Waals surface area contributed by atoms with E-state index < -0.39 is 0 Å². The lowest BCUT2D eigenvalue weighted by molar-refractivity contribution is 0.486. The number of ether oxygens (including phenoxy) is 1. The molecule has 466 valence electrons. The van der Waals surface area contributed by atoms with E-state index in [9.17, 15) is 0 Å². The fourth-order valence-corrected chi connectivity index (χ4v) is 16.5. The molecule has 3 aliphatic heterocycles. The molecular weight excluding hydrogens is 1190 g/mol. The lowest BCUT2D eigenvalue weighted by Gasteiger charge is -2.47. The molecule has 0 amide bonds. The summed E-state index contributed by atoms with van der Waals surface area (Å²) in [6.07, 6.45) is 0. The van der Waals surface area contributed by atoms with Crippen LogP contribution in [0.25, 0.3) is 111 Å². The summed E-state index contributed by atoms with van der Waals surface area (Å²) in [6, 6.07) is 116. The molecule has 3 aliphatic rings. The second-order valence-corrected chi connectivity index (χ2v) is 28.8. The van der Waals surface area contributed by atoms with E-state index >= 15 is 0 Å². The average molecular weight is 1260 g/mol. The van der Waals surface area contributed by atoms with E-state index in [1.54, 1.807) is 0 Å². The van der Waals surface area contributed by atoms with Crippen molar-refractivity contribution in [2.24, 2.45) is 0 Å². The second-order valence-electron chi connectivity index (χ2n) is 28.8. The van der Waals surface area contributed by atoms with Gasteiger partial charge in [0, 0.05) is 83.4 Å². The van der Waals surface area contributed by atoms with E-state index in [1.165, 1.54) is 49.1 Å². The summed E-state index contributed by atoms with van der Waals surface area (Å²) in [5, 5.41) is 4.84. The normalized spacial score (nSPS) is 13.0. The molecule has 19 rings (SSSR count). The third kappa shape index (κ3) is 8.80. The van der Waals surface area contributed by atoms with Crippen LogP contribution in [0.4, 0.5) is 34.1 Å². The molecule has 2 aromatic heterocycles. The molecule has 16 aromatic rings. The Kier molecular flexibility index (Phi) is 12.8. The van der Waals surface area contributed by atoms with Crippen molar-refractivity contribution in [1.82, 2.24) is 9.13 Å². The summed E-state index contributed by atoms with van der Waals surface area (Å²) >= 11 is 0. The van der Waals surface area contributed by atoms with E-state index in [4.69, 9.17) is 4.74 Å². The molecule has 0 atom stereocenters. The van der Waals surface area contributed by atoms with Gasteiger partial charge in [0.25, 0.3) is 6.71 Å². The first-order valence-electron chi connectivity index (χ1n) is 34.3. The van der Waals surface area contributed by atoms with Gasteiger partial charge in [-0.05, 0) is 139 Å². The minimum atomic E-state index is -0.347. The van der Waals surface area contributed by atoms with Gasteiger partial charge in [-0.3, -0.25) is 0 Å². The fraction of sp³-hybridized carbons (Fsp3) is 0.0870. The van der Waals surface area contributed by atoms with E-state index in [0.29, 0.717) is 0 Å². The zero-order chi connectivity index (χ0) is 65.7. The van der Waals surface area contributed by atoms with Crippen molar-refractivity contribution >= 4 is 101 Å². The Morgan fingerprint density at radius 1 is 0.286 bits per heavy atom. The Morgan fingerprint density at radius 2 is 0.735 bits per heavy atom. The number of aromatic nitrogens is 2. The highest BCUT2D eigenvalue weighted by Gasteiger charge is 2.48. The molecule has 0 aliphatic carbocycles. The van der Waals surface area contributed by atoms with Gasteiger partial charge in [-0.2, -0.15) is 0 Å². The maximum Gasteiger partial charge on any atom is 0.252 e. The highest BCUT2D eigenvalue weighted by Crippen LogP contribution is 2.58. The Bertz CT molecular complexity index is 5780. The summed E-state index contributed by atoms with van der Waals surface area (Å²) in [7, 11) is 0. The van der Waals surface area contributed by atoms with Gasteiger partial charge >= 0.3 is 0 Å². The lowest BCUT2D eigenvalue weighted by Crippen LogP contribution is -2.61. The highest BCUT2D eigenvalue weighted by molar-refractivity contribution is 7.00. The summed E-state index contributed by atoms with van der Waals surface area (Å²) in [4.78, 5) is 5.45. The van der Waals surface area contributed by atoms with Crippen LogP contribution < -0.4 is 30.9 Å². The van der Waals surface area contributed by atoms with E-state index in [1.807, 2.05) is 0 Å². The Hall–Kier alpha value is -11.9. The van der Waals surface area contributed by atoms with Gasteiger partial charge in [0.15, 0.2) is 0 Å². The molecule has 0 spiro atoms. The molecule has 98 heavy (non-hydrogen) atoms. The minimum Gasteiger partial charge on any atom is -0.456 e. The second kappa shape index (κ2) is 21.8. The van der Waals surface area contributed by atoms with E-state index in [0.717, 1.165) is 135 Å². The van der Waals surface area contributed by atoms with Crippen LogP contribution in [0.3, 0.4) is 0 Å². The van der Waals surface area contributed by atoms with Crippen molar-refractivity contribution in [2.45, 2.75) is 52.4 Å². The van der Waals surface area contributed by atoms with Crippen LogP contribution in [0.15, 0.2) is 309 Å². The number of benzene rings is 14. The van der Waals surface area contributed by atoms with Crippen molar-refractivity contribution in [3.05, 3.63) is 321 Å². The highest BCUT2D eigenvalue weighted by atomic mass is 16.5. The minimum absolute atomic E-state index is 0.211. The lowest BCUT2D eigenvalue weighted by atomic mass is 9.33. The van der Waals surface area contributed by atoms with Gasteiger partial charge in [0.2, 0.25) is 0 Å². The van der Waals surface area contributed by atoms with Crippen LogP contribution in [-0.2, 0) is 10.8 Å².